The SMILES string of the molecule is CC(O)C1CCC2C3CCc4cc(O)ccc4C3C(O)CC12C. The largest absolute Gasteiger partial charge is 0.508 e. The molecule has 3 N–H and O–H groups in total. The van der Waals surface area contributed by atoms with E-state index >= 15 is 0 Å². The van der Waals surface area contributed by atoms with Crippen LogP contribution in [0, 0.1) is 23.2 Å². The molecule has 0 heterocycles. The monoisotopic (exact) mass is 316 g/mol. The summed E-state index contributed by atoms with van der Waals surface area (Å²) in [6.45, 7) is 4.21. The number of phenolic OH excluding ortho intramolecular Hbond substituents is 1. The molecule has 0 aromatic heterocycles. The van der Waals surface area contributed by atoms with Crippen molar-refractivity contribution in [2.24, 2.45) is 23.2 Å². The van der Waals surface area contributed by atoms with Gasteiger partial charge in [-0.25, -0.2) is 0 Å². The van der Waals surface area contributed by atoms with Crippen LogP contribution in [0.2, 0.25) is 0 Å². The second-order valence-corrected chi connectivity index (χ2v) is 8.42. The Balaban J connectivity index is 1.73. The lowest BCUT2D eigenvalue weighted by Gasteiger charge is -2.53. The molecule has 4 rings (SSSR count). The van der Waals surface area contributed by atoms with E-state index in [1.807, 2.05) is 19.1 Å². The number of aliphatic hydroxyl groups is 2. The van der Waals surface area contributed by atoms with Crippen LogP contribution in [-0.2, 0) is 6.42 Å². The lowest BCUT2D eigenvalue weighted by Crippen LogP contribution is -2.50. The van der Waals surface area contributed by atoms with E-state index in [1.165, 1.54) is 17.5 Å². The molecular weight excluding hydrogens is 288 g/mol. The molecule has 1 aromatic rings. The summed E-state index contributed by atoms with van der Waals surface area (Å²) in [5, 5.41) is 31.0. The first kappa shape index (κ1) is 15.5. The van der Waals surface area contributed by atoms with E-state index in [0.29, 0.717) is 23.5 Å². The highest BCUT2D eigenvalue weighted by Gasteiger charge is 2.58. The van der Waals surface area contributed by atoms with Crippen molar-refractivity contribution in [1.82, 2.24) is 0 Å². The fourth-order valence-corrected chi connectivity index (χ4v) is 6.48. The predicted octanol–water partition coefficient (Wildman–Crippen LogP) is 3.22. The topological polar surface area (TPSA) is 60.7 Å². The third kappa shape index (κ3) is 2.16. The molecule has 0 aliphatic heterocycles. The minimum absolute atomic E-state index is 0.0587. The summed E-state index contributed by atoms with van der Waals surface area (Å²) in [6.07, 6.45) is 4.49. The van der Waals surface area contributed by atoms with Gasteiger partial charge in [0, 0.05) is 5.92 Å². The molecule has 126 valence electrons. The van der Waals surface area contributed by atoms with Crippen LogP contribution in [0.1, 0.15) is 56.6 Å². The average Bonchev–Trinajstić information content (AvgIpc) is 2.83. The molecule has 0 spiro atoms. The lowest BCUT2D eigenvalue weighted by molar-refractivity contribution is -0.0754. The molecule has 2 fully saturated rings. The molecule has 0 radical (unpaired) electrons. The summed E-state index contributed by atoms with van der Waals surface area (Å²) < 4.78 is 0. The Kier molecular flexibility index (Phi) is 3.51. The summed E-state index contributed by atoms with van der Waals surface area (Å²) in [5.74, 6) is 1.93. The van der Waals surface area contributed by atoms with Crippen molar-refractivity contribution in [3.05, 3.63) is 29.3 Å². The van der Waals surface area contributed by atoms with Gasteiger partial charge in [-0.15, -0.1) is 0 Å². The van der Waals surface area contributed by atoms with Gasteiger partial charge < -0.3 is 15.3 Å². The quantitative estimate of drug-likeness (QED) is 0.745. The van der Waals surface area contributed by atoms with E-state index in [0.717, 1.165) is 25.7 Å². The van der Waals surface area contributed by atoms with Gasteiger partial charge in [0.05, 0.1) is 12.2 Å². The standard InChI is InChI=1S/C20H28O3/c1-11(21)16-7-8-17-15-5-3-12-9-13(22)4-6-14(12)19(15)18(23)10-20(16,17)2/h4,6,9,11,15-19,21-23H,3,5,7-8,10H2,1-2H3. The number of aliphatic hydroxyl groups excluding tert-OH is 2. The normalized spacial score (nSPS) is 43.4. The summed E-state index contributed by atoms with van der Waals surface area (Å²) in [4.78, 5) is 0. The maximum atomic E-state index is 11.0. The van der Waals surface area contributed by atoms with Gasteiger partial charge in [-0.05, 0) is 85.5 Å². The van der Waals surface area contributed by atoms with Crippen LogP contribution in [0.4, 0.5) is 0 Å². The van der Waals surface area contributed by atoms with E-state index in [-0.39, 0.29) is 23.5 Å². The first-order chi connectivity index (χ1) is 10.9. The van der Waals surface area contributed by atoms with Crippen LogP contribution in [-0.4, -0.2) is 27.5 Å². The molecule has 3 heteroatoms. The second kappa shape index (κ2) is 5.22. The molecule has 3 aliphatic rings. The van der Waals surface area contributed by atoms with Crippen LogP contribution in [0.3, 0.4) is 0 Å². The predicted molar refractivity (Wildman–Crippen MR) is 89.3 cm³/mol. The number of aryl methyl sites for hydroxylation is 1. The smallest absolute Gasteiger partial charge is 0.115 e. The minimum Gasteiger partial charge on any atom is -0.508 e. The zero-order valence-electron chi connectivity index (χ0n) is 14.1. The second-order valence-electron chi connectivity index (χ2n) is 8.42. The zero-order chi connectivity index (χ0) is 16.4. The number of phenols is 1. The highest BCUT2D eigenvalue weighted by Crippen LogP contribution is 2.63. The fraction of sp³-hybridized carbons (Fsp3) is 0.700. The zero-order valence-corrected chi connectivity index (χ0v) is 14.1. The first-order valence-electron chi connectivity index (χ1n) is 9.09. The number of hydrogen-bond acceptors (Lipinski definition) is 3. The van der Waals surface area contributed by atoms with Crippen molar-refractivity contribution in [2.75, 3.05) is 0 Å². The highest BCUT2D eigenvalue weighted by atomic mass is 16.3. The van der Waals surface area contributed by atoms with E-state index in [1.54, 1.807) is 6.07 Å². The summed E-state index contributed by atoms with van der Waals surface area (Å²) in [7, 11) is 0. The van der Waals surface area contributed by atoms with Gasteiger partial charge in [-0.2, -0.15) is 0 Å². The van der Waals surface area contributed by atoms with Crippen LogP contribution in [0.5, 0.6) is 5.75 Å². The Morgan fingerprint density at radius 3 is 2.74 bits per heavy atom. The van der Waals surface area contributed by atoms with Crippen LogP contribution >= 0.6 is 0 Å². The number of aromatic hydroxyl groups is 1. The number of hydrogen-bond donors (Lipinski definition) is 3. The molecule has 2 saturated carbocycles. The van der Waals surface area contributed by atoms with Gasteiger partial charge in [0.2, 0.25) is 0 Å². The van der Waals surface area contributed by atoms with Gasteiger partial charge in [0.15, 0.2) is 0 Å². The molecule has 0 bridgehead atoms. The Morgan fingerprint density at radius 1 is 1.22 bits per heavy atom. The van der Waals surface area contributed by atoms with Crippen LogP contribution in [0.25, 0.3) is 0 Å². The summed E-state index contributed by atoms with van der Waals surface area (Å²) >= 11 is 0. The maximum Gasteiger partial charge on any atom is 0.115 e. The molecule has 0 saturated heterocycles. The van der Waals surface area contributed by atoms with Crippen molar-refractivity contribution in [3.8, 4) is 5.75 Å². The average molecular weight is 316 g/mol. The van der Waals surface area contributed by atoms with Crippen molar-refractivity contribution >= 4 is 0 Å². The van der Waals surface area contributed by atoms with Gasteiger partial charge in [0.25, 0.3) is 0 Å². The summed E-state index contributed by atoms with van der Waals surface area (Å²) in [6, 6.07) is 5.66. The Morgan fingerprint density at radius 2 is 2.00 bits per heavy atom. The number of rotatable bonds is 1. The van der Waals surface area contributed by atoms with Gasteiger partial charge >= 0.3 is 0 Å². The number of benzene rings is 1. The van der Waals surface area contributed by atoms with Crippen molar-refractivity contribution < 1.29 is 15.3 Å². The number of fused-ring (bicyclic) bond motifs is 5. The third-order valence-corrected chi connectivity index (χ3v) is 7.34. The molecule has 3 nitrogen and oxygen atoms in total. The van der Waals surface area contributed by atoms with Gasteiger partial charge in [-0.3, -0.25) is 0 Å². The van der Waals surface area contributed by atoms with Crippen LogP contribution in [0.15, 0.2) is 18.2 Å². The van der Waals surface area contributed by atoms with Gasteiger partial charge in [0.1, 0.15) is 5.75 Å². The summed E-state index contributed by atoms with van der Waals surface area (Å²) in [5.41, 5.74) is 2.51. The van der Waals surface area contributed by atoms with Crippen molar-refractivity contribution in [2.45, 2.75) is 64.1 Å². The fourth-order valence-electron chi connectivity index (χ4n) is 6.48. The van der Waals surface area contributed by atoms with E-state index in [9.17, 15) is 15.3 Å². The van der Waals surface area contributed by atoms with Crippen molar-refractivity contribution in [1.29, 1.82) is 0 Å². The Labute approximate surface area is 138 Å². The highest BCUT2D eigenvalue weighted by molar-refractivity contribution is 5.41. The molecule has 1 aromatic carbocycles. The van der Waals surface area contributed by atoms with E-state index < -0.39 is 0 Å². The molecule has 3 aliphatic carbocycles. The molecule has 7 atom stereocenters. The molecule has 7 unspecified atom stereocenters. The first-order valence-corrected chi connectivity index (χ1v) is 9.09. The van der Waals surface area contributed by atoms with Crippen LogP contribution < -0.4 is 0 Å². The third-order valence-electron chi connectivity index (χ3n) is 7.34. The van der Waals surface area contributed by atoms with Crippen molar-refractivity contribution in [3.63, 3.8) is 0 Å². The maximum absolute atomic E-state index is 11.0. The molecule has 23 heavy (non-hydrogen) atoms. The van der Waals surface area contributed by atoms with Gasteiger partial charge in [-0.1, -0.05) is 13.0 Å². The van der Waals surface area contributed by atoms with E-state index in [2.05, 4.69) is 6.92 Å². The Hall–Kier alpha value is -1.06. The lowest BCUT2D eigenvalue weighted by atomic mass is 9.53. The Bertz CT molecular complexity index is 611. The minimum atomic E-state index is -0.343. The van der Waals surface area contributed by atoms with E-state index in [4.69, 9.17) is 0 Å². The molecular formula is C20H28O3. The molecule has 0 amide bonds.